The van der Waals surface area contributed by atoms with Crippen molar-refractivity contribution in [2.24, 2.45) is 0 Å². The molecule has 0 unspecified atom stereocenters. The lowest BCUT2D eigenvalue weighted by Crippen LogP contribution is -2.11. The van der Waals surface area contributed by atoms with Crippen molar-refractivity contribution >= 4 is 27.4 Å². The van der Waals surface area contributed by atoms with Gasteiger partial charge in [0.25, 0.3) is 0 Å². The van der Waals surface area contributed by atoms with Gasteiger partial charge in [0.2, 0.25) is 0 Å². The van der Waals surface area contributed by atoms with E-state index in [2.05, 4.69) is 27.8 Å². The first kappa shape index (κ1) is 12.9. The zero-order valence-corrected chi connectivity index (χ0v) is 12.2. The molecule has 0 saturated carbocycles. The largest absolute Gasteiger partial charge is 0.497 e. The summed E-state index contributed by atoms with van der Waals surface area (Å²) in [7, 11) is 3.66. The molecule has 18 heavy (non-hydrogen) atoms. The molecule has 0 amide bonds. The van der Waals surface area contributed by atoms with Crippen molar-refractivity contribution in [3.05, 3.63) is 46.6 Å². The Morgan fingerprint density at radius 3 is 2.44 bits per heavy atom. The molecule has 0 aliphatic carbocycles. The third-order valence-electron chi connectivity index (χ3n) is 2.84. The minimum atomic E-state index is 0.854. The number of hydrogen-bond donors (Lipinski definition) is 0. The van der Waals surface area contributed by atoms with E-state index in [4.69, 9.17) is 4.74 Å². The van der Waals surface area contributed by atoms with Gasteiger partial charge in [-0.1, -0.05) is 0 Å². The highest BCUT2D eigenvalue weighted by Crippen LogP contribution is 2.26. The van der Waals surface area contributed by atoms with E-state index in [0.717, 1.165) is 21.7 Å². The van der Waals surface area contributed by atoms with Crippen LogP contribution in [0.5, 0.6) is 5.75 Å². The van der Waals surface area contributed by atoms with Crippen LogP contribution in [0.25, 0.3) is 0 Å². The molecule has 1 heterocycles. The van der Waals surface area contributed by atoms with Gasteiger partial charge in [-0.15, -0.1) is 0 Å². The summed E-state index contributed by atoms with van der Waals surface area (Å²) in [5.74, 6) is 1.77. The molecule has 0 saturated heterocycles. The summed E-state index contributed by atoms with van der Waals surface area (Å²) in [6, 6.07) is 9.96. The highest BCUT2D eigenvalue weighted by molar-refractivity contribution is 9.10. The topological polar surface area (TPSA) is 25.4 Å². The third kappa shape index (κ3) is 2.64. The molecule has 0 fully saturated rings. The van der Waals surface area contributed by atoms with Gasteiger partial charge in [-0.25, -0.2) is 4.98 Å². The van der Waals surface area contributed by atoms with E-state index in [1.54, 1.807) is 7.11 Å². The monoisotopic (exact) mass is 306 g/mol. The average molecular weight is 307 g/mol. The maximum Gasteiger partial charge on any atom is 0.132 e. The normalized spacial score (nSPS) is 10.2. The number of pyridine rings is 1. The second-order valence-electron chi connectivity index (χ2n) is 4.05. The minimum absolute atomic E-state index is 0.854. The number of anilines is 2. The molecule has 0 N–H and O–H groups in total. The average Bonchev–Trinajstić information content (AvgIpc) is 2.41. The molecule has 0 atom stereocenters. The van der Waals surface area contributed by atoms with E-state index in [9.17, 15) is 0 Å². The Balaban J connectivity index is 2.28. The lowest BCUT2D eigenvalue weighted by Gasteiger charge is -2.19. The molecule has 3 nitrogen and oxygen atoms in total. The number of nitrogens with zero attached hydrogens (tertiary/aromatic N) is 2. The lowest BCUT2D eigenvalue weighted by molar-refractivity contribution is 0.415. The minimum Gasteiger partial charge on any atom is -0.497 e. The van der Waals surface area contributed by atoms with E-state index in [0.29, 0.717) is 0 Å². The number of halogens is 1. The van der Waals surface area contributed by atoms with E-state index >= 15 is 0 Å². The van der Waals surface area contributed by atoms with Crippen molar-refractivity contribution in [1.82, 2.24) is 4.98 Å². The Kier molecular flexibility index (Phi) is 3.87. The fourth-order valence-corrected chi connectivity index (χ4v) is 1.86. The van der Waals surface area contributed by atoms with Crippen LogP contribution in [0.3, 0.4) is 0 Å². The first-order valence-electron chi connectivity index (χ1n) is 5.61. The first-order chi connectivity index (χ1) is 8.61. The fraction of sp³-hybridized carbons (Fsp3) is 0.214. The van der Waals surface area contributed by atoms with Crippen molar-refractivity contribution in [2.75, 3.05) is 19.1 Å². The lowest BCUT2D eigenvalue weighted by atomic mass is 10.2. The summed E-state index contributed by atoms with van der Waals surface area (Å²) < 4.78 is 6.17. The zero-order chi connectivity index (χ0) is 13.1. The maximum absolute atomic E-state index is 5.15. The molecular weight excluding hydrogens is 292 g/mol. The van der Waals surface area contributed by atoms with Gasteiger partial charge in [-0.05, 0) is 58.7 Å². The molecule has 0 aliphatic heterocycles. The van der Waals surface area contributed by atoms with E-state index < -0.39 is 0 Å². The number of hydrogen-bond acceptors (Lipinski definition) is 3. The van der Waals surface area contributed by atoms with Crippen molar-refractivity contribution in [1.29, 1.82) is 0 Å². The molecule has 4 heteroatoms. The Labute approximate surface area is 116 Å². The number of aryl methyl sites for hydroxylation is 1. The van der Waals surface area contributed by atoms with E-state index in [1.165, 1.54) is 5.56 Å². The van der Waals surface area contributed by atoms with Gasteiger partial charge in [0.15, 0.2) is 0 Å². The van der Waals surface area contributed by atoms with Crippen LogP contribution in [0.4, 0.5) is 11.5 Å². The van der Waals surface area contributed by atoms with Crippen LogP contribution in [0.15, 0.2) is 41.0 Å². The Bertz CT molecular complexity index is 540. The van der Waals surface area contributed by atoms with E-state index in [1.807, 2.05) is 48.5 Å². The molecule has 1 aromatic heterocycles. The highest BCUT2D eigenvalue weighted by Gasteiger charge is 2.07. The smallest absolute Gasteiger partial charge is 0.132 e. The highest BCUT2D eigenvalue weighted by atomic mass is 79.9. The van der Waals surface area contributed by atoms with Crippen LogP contribution in [0, 0.1) is 6.92 Å². The molecule has 0 spiro atoms. The SMILES string of the molecule is COc1ccc(N(C)c2cc(C)c(Br)cn2)cc1. The van der Waals surface area contributed by atoms with Crippen LogP contribution in [-0.2, 0) is 0 Å². The predicted octanol–water partition coefficient (Wildman–Crippen LogP) is 3.93. The van der Waals surface area contributed by atoms with Gasteiger partial charge in [0, 0.05) is 23.4 Å². The fourth-order valence-electron chi connectivity index (χ4n) is 1.65. The molecule has 0 aliphatic rings. The van der Waals surface area contributed by atoms with Crippen LogP contribution in [0.1, 0.15) is 5.56 Å². The second-order valence-corrected chi connectivity index (χ2v) is 4.90. The number of rotatable bonds is 3. The van der Waals surface area contributed by atoms with Crippen LogP contribution >= 0.6 is 15.9 Å². The Hall–Kier alpha value is -1.55. The summed E-state index contributed by atoms with van der Waals surface area (Å²) in [5.41, 5.74) is 2.24. The standard InChI is InChI=1S/C14H15BrN2O/c1-10-8-14(16-9-13(10)15)17(2)11-4-6-12(18-3)7-5-11/h4-9H,1-3H3. The summed E-state index contributed by atoms with van der Waals surface area (Å²) in [4.78, 5) is 6.45. The summed E-state index contributed by atoms with van der Waals surface area (Å²) in [5, 5.41) is 0. The Morgan fingerprint density at radius 2 is 1.89 bits per heavy atom. The van der Waals surface area contributed by atoms with Crippen molar-refractivity contribution in [3.8, 4) is 5.75 Å². The van der Waals surface area contributed by atoms with Crippen LogP contribution < -0.4 is 9.64 Å². The summed E-state index contributed by atoms with van der Waals surface area (Å²) >= 11 is 3.46. The van der Waals surface area contributed by atoms with Crippen molar-refractivity contribution in [2.45, 2.75) is 6.92 Å². The molecule has 0 bridgehead atoms. The number of benzene rings is 1. The quantitative estimate of drug-likeness (QED) is 0.859. The number of methoxy groups -OCH3 is 1. The first-order valence-corrected chi connectivity index (χ1v) is 6.41. The van der Waals surface area contributed by atoms with Crippen molar-refractivity contribution < 1.29 is 4.74 Å². The number of ether oxygens (including phenoxy) is 1. The molecule has 2 rings (SSSR count). The van der Waals surface area contributed by atoms with Crippen LogP contribution in [-0.4, -0.2) is 19.1 Å². The van der Waals surface area contributed by atoms with Gasteiger partial charge in [0.05, 0.1) is 7.11 Å². The van der Waals surface area contributed by atoms with Gasteiger partial charge < -0.3 is 9.64 Å². The molecule has 2 aromatic rings. The third-order valence-corrected chi connectivity index (χ3v) is 3.67. The van der Waals surface area contributed by atoms with Gasteiger partial charge in [-0.3, -0.25) is 0 Å². The van der Waals surface area contributed by atoms with Gasteiger partial charge in [0.1, 0.15) is 11.6 Å². The molecule has 0 radical (unpaired) electrons. The van der Waals surface area contributed by atoms with Gasteiger partial charge in [-0.2, -0.15) is 0 Å². The molecular formula is C14H15BrN2O. The number of aromatic nitrogens is 1. The summed E-state index contributed by atoms with van der Waals surface area (Å²) in [6.45, 7) is 2.05. The van der Waals surface area contributed by atoms with Gasteiger partial charge >= 0.3 is 0 Å². The molecule has 94 valence electrons. The second kappa shape index (κ2) is 5.40. The Morgan fingerprint density at radius 1 is 1.22 bits per heavy atom. The van der Waals surface area contributed by atoms with E-state index in [-0.39, 0.29) is 0 Å². The van der Waals surface area contributed by atoms with Crippen molar-refractivity contribution in [3.63, 3.8) is 0 Å². The van der Waals surface area contributed by atoms with Crippen LogP contribution in [0.2, 0.25) is 0 Å². The molecule has 1 aromatic carbocycles. The predicted molar refractivity (Wildman–Crippen MR) is 77.7 cm³/mol. The summed E-state index contributed by atoms with van der Waals surface area (Å²) in [6.07, 6.45) is 1.82. The zero-order valence-electron chi connectivity index (χ0n) is 10.6. The maximum atomic E-state index is 5.15.